The molecular formula is C14H14N2O4. The van der Waals surface area contributed by atoms with Gasteiger partial charge in [0, 0.05) is 0 Å². The van der Waals surface area contributed by atoms with Crippen LogP contribution in [0.3, 0.4) is 0 Å². The van der Waals surface area contributed by atoms with Crippen LogP contribution in [0.5, 0.6) is 0 Å². The molecule has 1 heterocycles. The Morgan fingerprint density at radius 3 is 2.15 bits per heavy atom. The predicted molar refractivity (Wildman–Crippen MR) is 71.6 cm³/mol. The Morgan fingerprint density at radius 1 is 1.10 bits per heavy atom. The van der Waals surface area contributed by atoms with Crippen LogP contribution in [-0.4, -0.2) is 31.9 Å². The second kappa shape index (κ2) is 5.16. The number of benzene rings is 1. The normalized spacial score (nSPS) is 10.8. The third kappa shape index (κ3) is 2.40. The monoisotopic (exact) mass is 274 g/mol. The van der Waals surface area contributed by atoms with Crippen molar-refractivity contribution in [1.82, 2.24) is 9.78 Å². The highest BCUT2D eigenvalue weighted by atomic mass is 16.4. The predicted octanol–water partition coefficient (Wildman–Crippen LogP) is 2.39. The number of nitrogens with zero attached hydrogens (tertiary/aromatic N) is 2. The van der Waals surface area contributed by atoms with E-state index in [1.807, 2.05) is 13.8 Å². The molecule has 104 valence electrons. The number of aromatic carboxylic acids is 2. The molecule has 0 saturated heterocycles. The minimum Gasteiger partial charge on any atom is -0.478 e. The zero-order valence-electron chi connectivity index (χ0n) is 11.1. The Kier molecular flexibility index (Phi) is 3.56. The maximum absolute atomic E-state index is 11.2. The Balaban J connectivity index is 2.52. The van der Waals surface area contributed by atoms with Crippen molar-refractivity contribution in [1.29, 1.82) is 0 Å². The first-order chi connectivity index (χ1) is 9.41. The molecule has 20 heavy (non-hydrogen) atoms. The highest BCUT2D eigenvalue weighted by Crippen LogP contribution is 2.23. The summed E-state index contributed by atoms with van der Waals surface area (Å²) in [6, 6.07) is 6.13. The van der Waals surface area contributed by atoms with Crippen LogP contribution >= 0.6 is 0 Å². The summed E-state index contributed by atoms with van der Waals surface area (Å²) in [6.07, 6.45) is 1.31. The number of hydrogen-bond donors (Lipinski definition) is 2. The fourth-order valence-electron chi connectivity index (χ4n) is 2.03. The SMILES string of the molecule is CC(C)c1c(C(=O)O)cnn1-c1ccc(C(=O)O)cc1. The van der Waals surface area contributed by atoms with Gasteiger partial charge in [-0.05, 0) is 30.2 Å². The summed E-state index contributed by atoms with van der Waals surface area (Å²) in [6.45, 7) is 3.76. The molecule has 6 heteroatoms. The van der Waals surface area contributed by atoms with Gasteiger partial charge in [-0.2, -0.15) is 5.10 Å². The number of hydrogen-bond acceptors (Lipinski definition) is 3. The van der Waals surface area contributed by atoms with E-state index >= 15 is 0 Å². The smallest absolute Gasteiger partial charge is 0.339 e. The maximum Gasteiger partial charge on any atom is 0.339 e. The second-order valence-electron chi connectivity index (χ2n) is 4.67. The largest absolute Gasteiger partial charge is 0.478 e. The van der Waals surface area contributed by atoms with E-state index in [1.165, 1.54) is 23.0 Å². The van der Waals surface area contributed by atoms with E-state index in [9.17, 15) is 9.59 Å². The molecule has 0 aliphatic heterocycles. The van der Waals surface area contributed by atoms with E-state index in [0.717, 1.165) is 0 Å². The zero-order valence-corrected chi connectivity index (χ0v) is 11.1. The molecule has 2 rings (SSSR count). The molecule has 0 atom stereocenters. The molecule has 0 unspecified atom stereocenters. The third-order valence-corrected chi connectivity index (χ3v) is 2.94. The Morgan fingerprint density at radius 2 is 1.70 bits per heavy atom. The standard InChI is InChI=1S/C14H14N2O4/c1-8(2)12-11(14(19)20)7-15-16(12)10-5-3-9(4-6-10)13(17)18/h3-8H,1-2H3,(H,17,18)(H,19,20). The van der Waals surface area contributed by atoms with Crippen LogP contribution in [0.2, 0.25) is 0 Å². The van der Waals surface area contributed by atoms with Crippen LogP contribution in [0.1, 0.15) is 46.2 Å². The Bertz CT molecular complexity index is 656. The molecule has 0 aliphatic carbocycles. The van der Waals surface area contributed by atoms with Gasteiger partial charge in [-0.15, -0.1) is 0 Å². The topological polar surface area (TPSA) is 92.4 Å². The summed E-state index contributed by atoms with van der Waals surface area (Å²) in [7, 11) is 0. The Labute approximate surface area is 115 Å². The number of rotatable bonds is 4. The first-order valence-electron chi connectivity index (χ1n) is 6.06. The fraction of sp³-hybridized carbons (Fsp3) is 0.214. The summed E-state index contributed by atoms with van der Waals surface area (Å²) in [5.74, 6) is -2.06. The van der Waals surface area contributed by atoms with Crippen molar-refractivity contribution in [3.8, 4) is 5.69 Å². The second-order valence-corrected chi connectivity index (χ2v) is 4.67. The number of carboxylic acid groups (broad SMARTS) is 2. The summed E-state index contributed by atoms with van der Waals surface area (Å²) in [5.41, 5.74) is 1.54. The van der Waals surface area contributed by atoms with Crippen molar-refractivity contribution in [2.24, 2.45) is 0 Å². The van der Waals surface area contributed by atoms with Gasteiger partial charge in [0.15, 0.2) is 0 Å². The number of aromatic nitrogens is 2. The maximum atomic E-state index is 11.2. The molecule has 1 aromatic carbocycles. The van der Waals surface area contributed by atoms with Gasteiger partial charge in [-0.1, -0.05) is 13.8 Å². The molecular weight excluding hydrogens is 260 g/mol. The van der Waals surface area contributed by atoms with E-state index < -0.39 is 11.9 Å². The van der Waals surface area contributed by atoms with Gasteiger partial charge < -0.3 is 10.2 Å². The molecule has 2 N–H and O–H groups in total. The van der Waals surface area contributed by atoms with Crippen molar-refractivity contribution in [2.75, 3.05) is 0 Å². The van der Waals surface area contributed by atoms with Crippen molar-refractivity contribution in [3.05, 3.63) is 47.3 Å². The van der Waals surface area contributed by atoms with Gasteiger partial charge in [0.25, 0.3) is 0 Å². The first kappa shape index (κ1) is 13.8. The van der Waals surface area contributed by atoms with Crippen LogP contribution in [0.25, 0.3) is 5.69 Å². The molecule has 0 saturated carbocycles. The minimum atomic E-state index is -1.03. The molecule has 0 spiro atoms. The van der Waals surface area contributed by atoms with E-state index in [0.29, 0.717) is 11.4 Å². The number of carbonyl (C=O) groups is 2. The molecule has 0 fully saturated rings. The third-order valence-electron chi connectivity index (χ3n) is 2.94. The van der Waals surface area contributed by atoms with Gasteiger partial charge in [0.1, 0.15) is 5.56 Å². The summed E-state index contributed by atoms with van der Waals surface area (Å²) in [5, 5.41) is 22.1. The van der Waals surface area contributed by atoms with E-state index in [-0.39, 0.29) is 17.0 Å². The van der Waals surface area contributed by atoms with Crippen LogP contribution in [0.4, 0.5) is 0 Å². The molecule has 6 nitrogen and oxygen atoms in total. The van der Waals surface area contributed by atoms with Crippen LogP contribution in [0.15, 0.2) is 30.5 Å². The lowest BCUT2D eigenvalue weighted by Crippen LogP contribution is -2.08. The highest BCUT2D eigenvalue weighted by molar-refractivity contribution is 5.89. The quantitative estimate of drug-likeness (QED) is 0.893. The van der Waals surface area contributed by atoms with E-state index in [1.54, 1.807) is 12.1 Å². The van der Waals surface area contributed by atoms with Gasteiger partial charge >= 0.3 is 11.9 Å². The molecule has 0 radical (unpaired) electrons. The van der Waals surface area contributed by atoms with Crippen molar-refractivity contribution < 1.29 is 19.8 Å². The summed E-state index contributed by atoms with van der Waals surface area (Å²) in [4.78, 5) is 22.0. The molecule has 1 aromatic heterocycles. The average Bonchev–Trinajstić information content (AvgIpc) is 2.83. The first-order valence-corrected chi connectivity index (χ1v) is 6.06. The average molecular weight is 274 g/mol. The fourth-order valence-corrected chi connectivity index (χ4v) is 2.03. The lowest BCUT2D eigenvalue weighted by molar-refractivity contribution is 0.0685. The minimum absolute atomic E-state index is 0.0252. The molecule has 0 amide bonds. The van der Waals surface area contributed by atoms with Crippen molar-refractivity contribution in [2.45, 2.75) is 19.8 Å². The number of carboxylic acids is 2. The van der Waals surface area contributed by atoms with E-state index in [2.05, 4.69) is 5.10 Å². The lowest BCUT2D eigenvalue weighted by Gasteiger charge is -2.11. The summed E-state index contributed by atoms with van der Waals surface area (Å²) < 4.78 is 1.53. The van der Waals surface area contributed by atoms with E-state index in [4.69, 9.17) is 10.2 Å². The van der Waals surface area contributed by atoms with Crippen LogP contribution < -0.4 is 0 Å². The van der Waals surface area contributed by atoms with Crippen LogP contribution in [-0.2, 0) is 0 Å². The highest BCUT2D eigenvalue weighted by Gasteiger charge is 2.20. The lowest BCUT2D eigenvalue weighted by atomic mass is 10.1. The van der Waals surface area contributed by atoms with Crippen molar-refractivity contribution >= 4 is 11.9 Å². The molecule has 0 aliphatic rings. The molecule has 0 bridgehead atoms. The van der Waals surface area contributed by atoms with Crippen LogP contribution in [0, 0.1) is 0 Å². The molecule has 2 aromatic rings. The van der Waals surface area contributed by atoms with Crippen molar-refractivity contribution in [3.63, 3.8) is 0 Å². The van der Waals surface area contributed by atoms with Gasteiger partial charge in [-0.3, -0.25) is 0 Å². The van der Waals surface area contributed by atoms with Gasteiger partial charge in [-0.25, -0.2) is 14.3 Å². The van der Waals surface area contributed by atoms with Gasteiger partial charge in [0.05, 0.1) is 23.1 Å². The Hall–Kier alpha value is -2.63. The van der Waals surface area contributed by atoms with Gasteiger partial charge in [0.2, 0.25) is 0 Å². The zero-order chi connectivity index (χ0) is 14.9. The summed E-state index contributed by atoms with van der Waals surface area (Å²) >= 11 is 0.